The molecule has 0 aliphatic rings. The van der Waals surface area contributed by atoms with E-state index in [-0.39, 0.29) is 16.9 Å². The lowest BCUT2D eigenvalue weighted by atomic mass is 10.1. The molecule has 1 amide bonds. The van der Waals surface area contributed by atoms with Gasteiger partial charge in [0.15, 0.2) is 11.5 Å². The lowest BCUT2D eigenvalue weighted by molar-refractivity contribution is 0.0940. The molecule has 0 saturated carbocycles. The SMILES string of the molecule is CC(NC(=O)c1c(N)nn2cccnc12)c1nc2cccc(C#Cc3ccccn3)c2c(=O)n1-c1ccccc1. The quantitative estimate of drug-likeness (QED) is 0.337. The Morgan fingerprint density at radius 1 is 0.950 bits per heavy atom. The molecule has 0 aliphatic carbocycles. The molecular weight excluding hydrogens is 504 g/mol. The van der Waals surface area contributed by atoms with Gasteiger partial charge < -0.3 is 11.1 Å². The van der Waals surface area contributed by atoms with Gasteiger partial charge in [-0.1, -0.05) is 36.3 Å². The van der Waals surface area contributed by atoms with Crippen LogP contribution in [-0.4, -0.2) is 35.0 Å². The number of anilines is 1. The molecule has 10 nitrogen and oxygen atoms in total. The molecule has 194 valence electrons. The first kappa shape index (κ1) is 24.5. The third-order valence-corrected chi connectivity index (χ3v) is 6.31. The molecule has 6 rings (SSSR count). The number of pyridine rings is 1. The number of rotatable bonds is 4. The maximum atomic E-state index is 14.1. The van der Waals surface area contributed by atoms with Crippen molar-refractivity contribution in [3.63, 3.8) is 0 Å². The molecule has 4 aromatic heterocycles. The summed E-state index contributed by atoms with van der Waals surface area (Å²) in [5.74, 6) is 6.01. The number of nitrogens with two attached hydrogens (primary N) is 1. The summed E-state index contributed by atoms with van der Waals surface area (Å²) in [5, 5.41) is 7.46. The van der Waals surface area contributed by atoms with E-state index in [0.717, 1.165) is 0 Å². The monoisotopic (exact) mass is 526 g/mol. The Morgan fingerprint density at radius 3 is 2.55 bits per heavy atom. The van der Waals surface area contributed by atoms with Crippen molar-refractivity contribution in [2.24, 2.45) is 0 Å². The summed E-state index contributed by atoms with van der Waals surface area (Å²) in [6.07, 6.45) is 4.88. The number of amides is 1. The maximum Gasteiger partial charge on any atom is 0.267 e. The van der Waals surface area contributed by atoms with Crippen molar-refractivity contribution in [2.75, 3.05) is 5.73 Å². The maximum absolute atomic E-state index is 14.1. The van der Waals surface area contributed by atoms with Crippen LogP contribution in [0.2, 0.25) is 0 Å². The number of nitrogens with one attached hydrogen (secondary N) is 1. The van der Waals surface area contributed by atoms with Crippen LogP contribution in [0.1, 0.15) is 40.4 Å². The summed E-state index contributed by atoms with van der Waals surface area (Å²) in [6.45, 7) is 1.75. The minimum Gasteiger partial charge on any atom is -0.381 e. The Morgan fingerprint density at radius 2 is 1.75 bits per heavy atom. The van der Waals surface area contributed by atoms with Gasteiger partial charge in [0.1, 0.15) is 17.1 Å². The minimum atomic E-state index is -0.689. The predicted octanol–water partition coefficient (Wildman–Crippen LogP) is 3.30. The van der Waals surface area contributed by atoms with E-state index < -0.39 is 11.9 Å². The van der Waals surface area contributed by atoms with E-state index in [2.05, 4.69) is 32.2 Å². The third-order valence-electron chi connectivity index (χ3n) is 6.31. The summed E-state index contributed by atoms with van der Waals surface area (Å²) < 4.78 is 2.94. The number of fused-ring (bicyclic) bond motifs is 2. The first-order valence-corrected chi connectivity index (χ1v) is 12.4. The highest BCUT2D eigenvalue weighted by Crippen LogP contribution is 2.22. The van der Waals surface area contributed by atoms with Crippen LogP contribution in [0.15, 0.2) is 96.2 Å². The lowest BCUT2D eigenvalue weighted by Gasteiger charge is -2.20. The molecule has 0 radical (unpaired) electrons. The Hall–Kier alpha value is -5.82. The summed E-state index contributed by atoms with van der Waals surface area (Å²) in [5.41, 5.74) is 8.39. The predicted molar refractivity (Wildman–Crippen MR) is 151 cm³/mol. The van der Waals surface area contributed by atoms with Gasteiger partial charge in [-0.3, -0.25) is 14.2 Å². The summed E-state index contributed by atoms with van der Waals surface area (Å²) >= 11 is 0. The zero-order chi connectivity index (χ0) is 27.6. The molecule has 2 aromatic carbocycles. The van der Waals surface area contributed by atoms with E-state index in [1.54, 1.807) is 55.8 Å². The summed E-state index contributed by atoms with van der Waals surface area (Å²) in [4.78, 5) is 40.8. The van der Waals surface area contributed by atoms with Crippen LogP contribution in [0, 0.1) is 11.8 Å². The molecule has 0 aliphatic heterocycles. The number of para-hydroxylation sites is 1. The van der Waals surface area contributed by atoms with Gasteiger partial charge in [0.25, 0.3) is 11.5 Å². The molecule has 4 heterocycles. The topological polar surface area (TPSA) is 133 Å². The van der Waals surface area contributed by atoms with Crippen molar-refractivity contribution in [3.8, 4) is 17.5 Å². The van der Waals surface area contributed by atoms with Crippen molar-refractivity contribution in [2.45, 2.75) is 13.0 Å². The van der Waals surface area contributed by atoms with Crippen molar-refractivity contribution >= 4 is 28.3 Å². The van der Waals surface area contributed by atoms with Gasteiger partial charge in [-0.2, -0.15) is 0 Å². The molecule has 0 fully saturated rings. The van der Waals surface area contributed by atoms with E-state index in [0.29, 0.717) is 39.3 Å². The van der Waals surface area contributed by atoms with E-state index in [1.165, 1.54) is 9.08 Å². The van der Waals surface area contributed by atoms with Gasteiger partial charge in [-0.25, -0.2) is 19.5 Å². The Bertz CT molecular complexity index is 2000. The molecule has 1 atom stereocenters. The van der Waals surface area contributed by atoms with Gasteiger partial charge in [0.05, 0.1) is 22.6 Å². The van der Waals surface area contributed by atoms with Gasteiger partial charge in [0, 0.05) is 24.2 Å². The molecule has 0 spiro atoms. The van der Waals surface area contributed by atoms with Crippen LogP contribution < -0.4 is 16.6 Å². The first-order valence-electron chi connectivity index (χ1n) is 12.4. The molecule has 40 heavy (non-hydrogen) atoms. The van der Waals surface area contributed by atoms with Crippen molar-refractivity contribution < 1.29 is 4.79 Å². The number of carbonyl (C=O) groups excluding carboxylic acids is 1. The number of nitrogens with zero attached hydrogens (tertiary/aromatic N) is 6. The second-order valence-corrected chi connectivity index (χ2v) is 8.95. The molecule has 0 bridgehead atoms. The summed E-state index contributed by atoms with van der Waals surface area (Å²) in [7, 11) is 0. The Kier molecular flexibility index (Phi) is 6.22. The zero-order valence-corrected chi connectivity index (χ0v) is 21.3. The van der Waals surface area contributed by atoms with E-state index in [9.17, 15) is 9.59 Å². The van der Waals surface area contributed by atoms with Crippen molar-refractivity contribution in [1.82, 2.24) is 34.4 Å². The normalized spacial score (nSPS) is 11.6. The number of nitrogen functional groups attached to an aromatic ring is 1. The fraction of sp³-hybridized carbons (Fsp3) is 0.0667. The number of benzene rings is 2. The fourth-order valence-corrected chi connectivity index (χ4v) is 4.49. The van der Waals surface area contributed by atoms with Crippen LogP contribution >= 0.6 is 0 Å². The van der Waals surface area contributed by atoms with E-state index in [4.69, 9.17) is 10.7 Å². The Balaban J connectivity index is 1.48. The average molecular weight is 527 g/mol. The van der Waals surface area contributed by atoms with Crippen molar-refractivity contribution in [3.05, 3.63) is 124 Å². The summed E-state index contributed by atoms with van der Waals surface area (Å²) in [6, 6.07) is 20.9. The standard InChI is InChI=1S/C30H22N8O2/c1-19(34-29(39)25-26(31)36-37-18-8-17-33-28(25)37)27-35-23-13-7-9-20(14-15-21-10-5-6-16-32-21)24(23)30(40)38(27)22-11-3-2-4-12-22/h2-13,16-19H,1H3,(H2,31,36)(H,34,39). The number of hydrogen-bond acceptors (Lipinski definition) is 7. The van der Waals surface area contributed by atoms with Crippen LogP contribution in [0.4, 0.5) is 5.82 Å². The van der Waals surface area contributed by atoms with Gasteiger partial charge in [-0.15, -0.1) is 5.10 Å². The minimum absolute atomic E-state index is 0.0476. The number of hydrogen-bond donors (Lipinski definition) is 2. The van der Waals surface area contributed by atoms with E-state index in [1.807, 2.05) is 42.5 Å². The smallest absolute Gasteiger partial charge is 0.267 e. The number of aromatic nitrogens is 6. The highest BCUT2D eigenvalue weighted by atomic mass is 16.2. The Labute approximate surface area is 228 Å². The van der Waals surface area contributed by atoms with Crippen LogP contribution in [0.25, 0.3) is 22.2 Å². The largest absolute Gasteiger partial charge is 0.381 e. The second kappa shape index (κ2) is 10.2. The highest BCUT2D eigenvalue weighted by Gasteiger charge is 2.24. The molecule has 0 saturated heterocycles. The second-order valence-electron chi connectivity index (χ2n) is 8.95. The zero-order valence-electron chi connectivity index (χ0n) is 21.3. The highest BCUT2D eigenvalue weighted by molar-refractivity contribution is 6.04. The molecule has 6 aromatic rings. The van der Waals surface area contributed by atoms with E-state index >= 15 is 0 Å². The van der Waals surface area contributed by atoms with Gasteiger partial charge in [-0.05, 0) is 55.3 Å². The molecular formula is C30H22N8O2. The van der Waals surface area contributed by atoms with Crippen LogP contribution in [0.5, 0.6) is 0 Å². The number of carbonyl (C=O) groups is 1. The van der Waals surface area contributed by atoms with Gasteiger partial charge in [0.2, 0.25) is 0 Å². The van der Waals surface area contributed by atoms with Crippen molar-refractivity contribution in [1.29, 1.82) is 0 Å². The van der Waals surface area contributed by atoms with Gasteiger partial charge >= 0.3 is 0 Å². The van der Waals surface area contributed by atoms with Crippen LogP contribution in [-0.2, 0) is 0 Å². The molecule has 1 unspecified atom stereocenters. The lowest BCUT2D eigenvalue weighted by Crippen LogP contribution is -2.33. The molecule has 10 heteroatoms. The fourth-order valence-electron chi connectivity index (χ4n) is 4.49. The van der Waals surface area contributed by atoms with Crippen LogP contribution in [0.3, 0.4) is 0 Å². The molecule has 3 N–H and O–H groups in total. The third kappa shape index (κ3) is 4.41. The first-order chi connectivity index (χ1) is 19.5. The average Bonchev–Trinajstić information content (AvgIpc) is 3.32.